The molecule has 0 aromatic heterocycles. The number of nitrogens with one attached hydrogen (secondary N) is 3. The number of hydrogen-bond acceptors (Lipinski definition) is 3. The highest BCUT2D eigenvalue weighted by molar-refractivity contribution is 9.10. The van der Waals surface area contributed by atoms with E-state index in [9.17, 15) is 4.79 Å². The summed E-state index contributed by atoms with van der Waals surface area (Å²) in [7, 11) is 0. The summed E-state index contributed by atoms with van der Waals surface area (Å²) in [4.78, 5) is 12.2. The number of para-hydroxylation sites is 1. The third-order valence-electron chi connectivity index (χ3n) is 4.02. The fourth-order valence-corrected chi connectivity index (χ4v) is 2.97. The third-order valence-corrected chi connectivity index (χ3v) is 4.76. The fraction of sp³-hybridized carbons (Fsp3) is 0.0455. The molecule has 0 saturated carbocycles. The van der Waals surface area contributed by atoms with E-state index in [1.165, 1.54) is 0 Å². The van der Waals surface area contributed by atoms with Crippen molar-refractivity contribution in [2.45, 2.75) is 6.92 Å². The first-order valence-corrected chi connectivity index (χ1v) is 10.0. The second-order valence-corrected chi connectivity index (χ2v) is 7.49. The molecule has 0 unspecified atom stereocenters. The molecule has 146 valence electrons. The molecule has 29 heavy (non-hydrogen) atoms. The maximum absolute atomic E-state index is 12.2. The molecule has 0 aliphatic rings. The van der Waals surface area contributed by atoms with Gasteiger partial charge in [-0.25, -0.2) is 5.43 Å². The minimum atomic E-state index is -0.257. The molecule has 0 aliphatic heterocycles. The van der Waals surface area contributed by atoms with Crippen LogP contribution in [0.2, 0.25) is 0 Å². The maximum Gasteiger partial charge on any atom is 0.271 e. The Morgan fingerprint density at radius 2 is 1.38 bits per heavy atom. The lowest BCUT2D eigenvalue weighted by molar-refractivity contribution is 0.0955. The second kappa shape index (κ2) is 9.95. The van der Waals surface area contributed by atoms with Gasteiger partial charge in [-0.15, -0.1) is 0 Å². The summed E-state index contributed by atoms with van der Waals surface area (Å²) in [5.74, 6) is -0.257. The van der Waals surface area contributed by atoms with Gasteiger partial charge in [-0.05, 0) is 73.2 Å². The molecule has 0 heterocycles. The lowest BCUT2D eigenvalue weighted by Gasteiger charge is -2.11. The normalized spacial score (nSPS) is 10.9. The molecular weight excluding hydrogens is 448 g/mol. The van der Waals surface area contributed by atoms with Gasteiger partial charge in [-0.2, -0.15) is 5.10 Å². The van der Waals surface area contributed by atoms with Crippen LogP contribution in [0.3, 0.4) is 0 Å². The van der Waals surface area contributed by atoms with Crippen molar-refractivity contribution in [2.24, 2.45) is 5.10 Å². The van der Waals surface area contributed by atoms with Crippen LogP contribution < -0.4 is 16.1 Å². The number of carbonyl (C=O) groups excluding carboxylic acids is 1. The van der Waals surface area contributed by atoms with Crippen molar-refractivity contribution in [1.29, 1.82) is 0 Å². The fourth-order valence-electron chi connectivity index (χ4n) is 2.47. The summed E-state index contributed by atoms with van der Waals surface area (Å²) >= 11 is 8.68. The number of carbonyl (C=O) groups is 1. The Labute approximate surface area is 183 Å². The molecule has 3 aromatic rings. The summed E-state index contributed by atoms with van der Waals surface area (Å²) in [5.41, 5.74) is 6.50. The number of anilines is 2. The Hall–Kier alpha value is -3.03. The molecule has 0 spiro atoms. The number of rotatable bonds is 5. The number of hydrogen-bond donors (Lipinski definition) is 3. The van der Waals surface area contributed by atoms with Crippen LogP contribution in [-0.4, -0.2) is 16.7 Å². The van der Waals surface area contributed by atoms with Crippen molar-refractivity contribution in [3.63, 3.8) is 0 Å². The number of amides is 1. The van der Waals surface area contributed by atoms with E-state index in [0.717, 1.165) is 21.4 Å². The number of nitrogens with zero attached hydrogens (tertiary/aromatic N) is 1. The summed E-state index contributed by atoms with van der Waals surface area (Å²) in [6.07, 6.45) is 0. The summed E-state index contributed by atoms with van der Waals surface area (Å²) in [5, 5.41) is 11.0. The Kier molecular flexibility index (Phi) is 7.10. The minimum Gasteiger partial charge on any atom is -0.332 e. The van der Waals surface area contributed by atoms with Gasteiger partial charge in [0, 0.05) is 21.4 Å². The Bertz CT molecular complexity index is 1020. The quantitative estimate of drug-likeness (QED) is 0.267. The van der Waals surface area contributed by atoms with E-state index >= 15 is 0 Å². The van der Waals surface area contributed by atoms with Gasteiger partial charge in [0.25, 0.3) is 5.91 Å². The topological polar surface area (TPSA) is 65.5 Å². The number of halogens is 1. The van der Waals surface area contributed by atoms with Crippen LogP contribution in [0.1, 0.15) is 22.8 Å². The molecule has 5 nitrogen and oxygen atoms in total. The first-order chi connectivity index (χ1) is 14.0. The zero-order valence-corrected chi connectivity index (χ0v) is 18.0. The molecule has 3 N–H and O–H groups in total. The molecular formula is C22H19BrN4OS. The Morgan fingerprint density at radius 3 is 2.00 bits per heavy atom. The lowest BCUT2D eigenvalue weighted by atomic mass is 10.1. The second-order valence-electron chi connectivity index (χ2n) is 6.17. The smallest absolute Gasteiger partial charge is 0.271 e. The number of benzene rings is 3. The van der Waals surface area contributed by atoms with Gasteiger partial charge >= 0.3 is 0 Å². The van der Waals surface area contributed by atoms with Gasteiger partial charge in [0.1, 0.15) is 0 Å². The zero-order valence-electron chi connectivity index (χ0n) is 15.6. The predicted octanol–water partition coefficient (Wildman–Crippen LogP) is 5.41. The Morgan fingerprint density at radius 1 is 0.828 bits per heavy atom. The van der Waals surface area contributed by atoms with Crippen molar-refractivity contribution in [3.05, 3.63) is 94.5 Å². The van der Waals surface area contributed by atoms with Gasteiger partial charge in [0.15, 0.2) is 5.11 Å². The average molecular weight is 467 g/mol. The highest BCUT2D eigenvalue weighted by Crippen LogP contribution is 2.13. The minimum absolute atomic E-state index is 0.257. The molecule has 0 saturated heterocycles. The largest absolute Gasteiger partial charge is 0.332 e. The van der Waals surface area contributed by atoms with Gasteiger partial charge < -0.3 is 10.6 Å². The van der Waals surface area contributed by atoms with Crippen LogP contribution >= 0.6 is 28.1 Å². The summed E-state index contributed by atoms with van der Waals surface area (Å²) in [6.45, 7) is 1.84. The zero-order chi connectivity index (χ0) is 20.6. The molecule has 7 heteroatoms. The molecule has 3 aromatic carbocycles. The van der Waals surface area contributed by atoms with Crippen LogP contribution in [0.5, 0.6) is 0 Å². The van der Waals surface area contributed by atoms with Crippen molar-refractivity contribution in [1.82, 2.24) is 5.43 Å². The van der Waals surface area contributed by atoms with Gasteiger partial charge in [0.2, 0.25) is 0 Å². The highest BCUT2D eigenvalue weighted by atomic mass is 79.9. The first kappa shape index (κ1) is 20.7. The highest BCUT2D eigenvalue weighted by Gasteiger charge is 2.05. The molecule has 0 atom stereocenters. The molecule has 0 bridgehead atoms. The summed E-state index contributed by atoms with van der Waals surface area (Å²) < 4.78 is 0.917. The van der Waals surface area contributed by atoms with E-state index in [2.05, 4.69) is 37.1 Å². The first-order valence-electron chi connectivity index (χ1n) is 8.85. The molecule has 0 aliphatic carbocycles. The van der Waals surface area contributed by atoms with Crippen LogP contribution in [-0.2, 0) is 0 Å². The third kappa shape index (κ3) is 6.23. The van der Waals surface area contributed by atoms with Crippen molar-refractivity contribution < 1.29 is 4.79 Å². The van der Waals surface area contributed by atoms with Crippen molar-refractivity contribution in [3.8, 4) is 0 Å². The van der Waals surface area contributed by atoms with Crippen LogP contribution in [0.4, 0.5) is 11.4 Å². The van der Waals surface area contributed by atoms with E-state index < -0.39 is 0 Å². The van der Waals surface area contributed by atoms with Crippen molar-refractivity contribution in [2.75, 3.05) is 10.6 Å². The van der Waals surface area contributed by atoms with E-state index in [1.54, 1.807) is 12.1 Å². The predicted molar refractivity (Wildman–Crippen MR) is 127 cm³/mol. The monoisotopic (exact) mass is 466 g/mol. The SMILES string of the molecule is C/C(=N\NC(=O)c1ccc(Br)cc1)c1ccc(NC(=S)Nc2ccccc2)cc1. The van der Waals surface area contributed by atoms with Crippen LogP contribution in [0, 0.1) is 0 Å². The standard InChI is InChI=1S/C22H19BrN4OS/c1-15(26-27-21(28)17-7-11-18(23)12-8-17)16-9-13-20(14-10-16)25-22(29)24-19-5-3-2-4-6-19/h2-14H,1H3,(H,27,28)(H2,24,25,29)/b26-15+. The maximum atomic E-state index is 12.2. The van der Waals surface area contributed by atoms with Gasteiger partial charge in [0.05, 0.1) is 5.71 Å². The van der Waals surface area contributed by atoms with E-state index in [4.69, 9.17) is 12.2 Å². The van der Waals surface area contributed by atoms with Gasteiger partial charge in [-0.3, -0.25) is 4.79 Å². The van der Waals surface area contributed by atoms with E-state index in [-0.39, 0.29) is 5.91 Å². The van der Waals surface area contributed by atoms with Crippen molar-refractivity contribution >= 4 is 56.3 Å². The number of thiocarbonyl (C=S) groups is 1. The number of hydrazone groups is 1. The molecule has 1 amide bonds. The molecule has 0 fully saturated rings. The molecule has 0 radical (unpaired) electrons. The van der Waals surface area contributed by atoms with Crippen LogP contribution in [0.15, 0.2) is 88.4 Å². The Balaban J connectivity index is 1.57. The van der Waals surface area contributed by atoms with Gasteiger partial charge in [-0.1, -0.05) is 46.3 Å². The average Bonchev–Trinajstić information content (AvgIpc) is 2.73. The summed E-state index contributed by atoms with van der Waals surface area (Å²) in [6, 6.07) is 24.5. The molecule has 3 rings (SSSR count). The van der Waals surface area contributed by atoms with Crippen LogP contribution in [0.25, 0.3) is 0 Å². The van der Waals surface area contributed by atoms with E-state index in [0.29, 0.717) is 16.4 Å². The lowest BCUT2D eigenvalue weighted by Crippen LogP contribution is -2.19. The van der Waals surface area contributed by atoms with E-state index in [1.807, 2.05) is 73.7 Å².